The summed E-state index contributed by atoms with van der Waals surface area (Å²) in [5, 5.41) is 2.53. The molecule has 8 heteroatoms. The molecule has 1 amide bonds. The smallest absolute Gasteiger partial charge is 0.408 e. The second-order valence-electron chi connectivity index (χ2n) is 6.43. The van der Waals surface area contributed by atoms with Gasteiger partial charge in [0.2, 0.25) is 0 Å². The summed E-state index contributed by atoms with van der Waals surface area (Å²) in [6.45, 7) is 9.04. The molecule has 0 saturated heterocycles. The molecule has 0 aliphatic heterocycles. The van der Waals surface area contributed by atoms with Crippen LogP contribution in [0, 0.1) is 5.92 Å². The fourth-order valence-corrected chi connectivity index (χ4v) is 2.71. The van der Waals surface area contributed by atoms with E-state index in [0.29, 0.717) is 6.42 Å². The Morgan fingerprint density at radius 1 is 1.14 bits per heavy atom. The summed E-state index contributed by atoms with van der Waals surface area (Å²) in [4.78, 5) is 24.2. The van der Waals surface area contributed by atoms with Crippen LogP contribution in [-0.4, -0.2) is 43.9 Å². The van der Waals surface area contributed by atoms with Gasteiger partial charge in [-0.15, -0.1) is 0 Å². The minimum atomic E-state index is -3.46. The summed E-state index contributed by atoms with van der Waals surface area (Å²) in [5.74, 6) is -0.250. The average molecular weight is 337 g/mol. The second-order valence-corrected chi connectivity index (χ2v) is 8.70. The van der Waals surface area contributed by atoms with E-state index in [1.165, 1.54) is 14.2 Å². The Balaban J connectivity index is 4.94. The summed E-state index contributed by atoms with van der Waals surface area (Å²) in [5.41, 5.74) is -0.663. The molecular formula is C14H28NO6P. The first-order chi connectivity index (χ1) is 9.92. The summed E-state index contributed by atoms with van der Waals surface area (Å²) in [6.07, 6.45) is -0.672. The molecule has 1 atom stereocenters. The lowest BCUT2D eigenvalue weighted by Gasteiger charge is -2.24. The zero-order valence-electron chi connectivity index (χ0n) is 14.5. The van der Waals surface area contributed by atoms with E-state index in [4.69, 9.17) is 13.8 Å². The Morgan fingerprint density at radius 3 is 2.00 bits per heavy atom. The molecule has 0 unspecified atom stereocenters. The SMILES string of the molecule is COP(=O)(CC(=O)[C@H](CC(C)C)NC(=O)OC(C)(C)C)OC. The van der Waals surface area contributed by atoms with Gasteiger partial charge >= 0.3 is 13.7 Å². The monoisotopic (exact) mass is 337 g/mol. The molecule has 0 aliphatic carbocycles. The van der Waals surface area contributed by atoms with Crippen LogP contribution in [0.25, 0.3) is 0 Å². The first-order valence-corrected chi connectivity index (χ1v) is 8.88. The standard InChI is InChI=1S/C14H28NO6P/c1-10(2)8-11(15-13(17)21-14(3,4)5)12(16)9-22(18,19-6)20-7/h10-11H,8-9H2,1-7H3,(H,15,17)/t11-/m0/s1. The highest BCUT2D eigenvalue weighted by molar-refractivity contribution is 7.54. The molecule has 0 radical (unpaired) electrons. The van der Waals surface area contributed by atoms with Crippen LogP contribution >= 0.6 is 7.60 Å². The van der Waals surface area contributed by atoms with Crippen LogP contribution < -0.4 is 5.32 Å². The van der Waals surface area contributed by atoms with E-state index in [1.54, 1.807) is 20.8 Å². The fourth-order valence-electron chi connectivity index (χ4n) is 1.70. The minimum absolute atomic E-state index is 0.161. The number of nitrogens with one attached hydrogen (secondary N) is 1. The van der Waals surface area contributed by atoms with Crippen molar-refractivity contribution >= 4 is 19.5 Å². The zero-order chi connectivity index (χ0) is 17.6. The van der Waals surface area contributed by atoms with Gasteiger partial charge in [-0.1, -0.05) is 13.8 Å². The Hall–Kier alpha value is -0.910. The van der Waals surface area contributed by atoms with Gasteiger partial charge in [-0.05, 0) is 33.1 Å². The number of ether oxygens (including phenoxy) is 1. The molecule has 0 spiro atoms. The minimum Gasteiger partial charge on any atom is -0.444 e. The molecule has 130 valence electrons. The van der Waals surface area contributed by atoms with Gasteiger partial charge in [-0.3, -0.25) is 9.36 Å². The molecule has 1 N–H and O–H groups in total. The molecule has 7 nitrogen and oxygen atoms in total. The maximum absolute atomic E-state index is 12.3. The van der Waals surface area contributed by atoms with E-state index in [0.717, 1.165) is 0 Å². The summed E-state index contributed by atoms with van der Waals surface area (Å²) in [7, 11) is -1.02. The fraction of sp³-hybridized carbons (Fsp3) is 0.857. The van der Waals surface area contributed by atoms with Gasteiger partial charge in [0.15, 0.2) is 5.78 Å². The predicted octanol–water partition coefficient (Wildman–Crippen LogP) is 2.98. The van der Waals surface area contributed by atoms with Crippen LogP contribution in [0.15, 0.2) is 0 Å². The van der Waals surface area contributed by atoms with Crippen LogP contribution in [0.2, 0.25) is 0 Å². The van der Waals surface area contributed by atoms with Crippen molar-refractivity contribution in [3.8, 4) is 0 Å². The number of hydrogen-bond donors (Lipinski definition) is 1. The largest absolute Gasteiger partial charge is 0.444 e. The highest BCUT2D eigenvalue weighted by atomic mass is 31.2. The lowest BCUT2D eigenvalue weighted by molar-refractivity contribution is -0.119. The lowest BCUT2D eigenvalue weighted by atomic mass is 10.0. The molecular weight excluding hydrogens is 309 g/mol. The molecule has 0 aliphatic rings. The highest BCUT2D eigenvalue weighted by Crippen LogP contribution is 2.46. The number of alkyl carbamates (subject to hydrolysis) is 1. The van der Waals surface area contributed by atoms with E-state index in [2.05, 4.69) is 5.32 Å². The first kappa shape index (κ1) is 21.1. The lowest BCUT2D eigenvalue weighted by Crippen LogP contribution is -2.45. The van der Waals surface area contributed by atoms with Crippen molar-refractivity contribution in [1.29, 1.82) is 0 Å². The first-order valence-electron chi connectivity index (χ1n) is 7.15. The number of hydrogen-bond acceptors (Lipinski definition) is 6. The number of ketones is 1. The van der Waals surface area contributed by atoms with E-state index in [1.807, 2.05) is 13.8 Å². The molecule has 0 rings (SSSR count). The Morgan fingerprint density at radius 2 is 1.64 bits per heavy atom. The molecule has 0 heterocycles. The molecule has 0 aromatic rings. The van der Waals surface area contributed by atoms with Crippen molar-refractivity contribution in [3.63, 3.8) is 0 Å². The van der Waals surface area contributed by atoms with Crippen molar-refractivity contribution < 1.29 is 27.9 Å². The Bertz CT molecular complexity index is 422. The maximum atomic E-state index is 12.3. The van der Waals surface area contributed by atoms with Gasteiger partial charge in [0.25, 0.3) is 0 Å². The third kappa shape index (κ3) is 8.51. The van der Waals surface area contributed by atoms with Crippen LogP contribution in [0.5, 0.6) is 0 Å². The van der Waals surface area contributed by atoms with E-state index >= 15 is 0 Å². The van der Waals surface area contributed by atoms with E-state index in [-0.39, 0.29) is 5.92 Å². The summed E-state index contributed by atoms with van der Waals surface area (Å²) >= 11 is 0. The normalized spacial score (nSPS) is 13.8. The van der Waals surface area contributed by atoms with Gasteiger partial charge in [-0.25, -0.2) is 4.79 Å². The number of carbonyl (C=O) groups is 2. The van der Waals surface area contributed by atoms with Crippen molar-refractivity contribution in [2.45, 2.75) is 52.7 Å². The van der Waals surface area contributed by atoms with Crippen LogP contribution in [-0.2, 0) is 23.1 Å². The number of carbonyl (C=O) groups excluding carboxylic acids is 2. The number of Topliss-reactive ketones (excluding diaryl/α,β-unsaturated/α-hetero) is 1. The maximum Gasteiger partial charge on any atom is 0.408 e. The van der Waals surface area contributed by atoms with Crippen molar-refractivity contribution in [3.05, 3.63) is 0 Å². The predicted molar refractivity (Wildman–Crippen MR) is 84.1 cm³/mol. The van der Waals surface area contributed by atoms with Crippen LogP contribution in [0.3, 0.4) is 0 Å². The molecule has 22 heavy (non-hydrogen) atoms. The summed E-state index contributed by atoms with van der Waals surface area (Å²) < 4.78 is 26.7. The van der Waals surface area contributed by atoms with E-state index in [9.17, 15) is 14.2 Å². The zero-order valence-corrected chi connectivity index (χ0v) is 15.4. The third-order valence-electron chi connectivity index (χ3n) is 2.69. The van der Waals surface area contributed by atoms with Gasteiger partial charge in [0.1, 0.15) is 11.8 Å². The third-order valence-corrected chi connectivity index (χ3v) is 4.50. The number of rotatable bonds is 8. The van der Waals surface area contributed by atoms with Gasteiger partial charge < -0.3 is 19.1 Å². The van der Waals surface area contributed by atoms with E-state index < -0.39 is 37.3 Å². The highest BCUT2D eigenvalue weighted by Gasteiger charge is 2.32. The second kappa shape index (κ2) is 8.65. The number of amides is 1. The molecule has 0 aromatic heterocycles. The van der Waals surface area contributed by atoms with Crippen molar-refractivity contribution in [2.24, 2.45) is 5.92 Å². The van der Waals surface area contributed by atoms with Gasteiger partial charge in [0, 0.05) is 14.2 Å². The Labute approximate surface area is 132 Å². The van der Waals surface area contributed by atoms with Gasteiger partial charge in [0.05, 0.1) is 6.04 Å². The van der Waals surface area contributed by atoms with Crippen LogP contribution in [0.4, 0.5) is 4.79 Å². The molecule has 0 fully saturated rings. The van der Waals surface area contributed by atoms with Crippen LogP contribution in [0.1, 0.15) is 41.0 Å². The molecule has 0 aromatic carbocycles. The Kier molecular flexibility index (Phi) is 8.29. The molecule has 0 bridgehead atoms. The van der Waals surface area contributed by atoms with Crippen molar-refractivity contribution in [2.75, 3.05) is 20.4 Å². The summed E-state index contributed by atoms with van der Waals surface area (Å²) in [6, 6.07) is -0.798. The quantitative estimate of drug-likeness (QED) is 0.685. The average Bonchev–Trinajstić information content (AvgIpc) is 2.34. The molecule has 0 saturated carbocycles. The van der Waals surface area contributed by atoms with Gasteiger partial charge in [-0.2, -0.15) is 0 Å². The van der Waals surface area contributed by atoms with Crippen molar-refractivity contribution in [1.82, 2.24) is 5.32 Å². The topological polar surface area (TPSA) is 90.9 Å².